The van der Waals surface area contributed by atoms with Gasteiger partial charge in [-0.15, -0.1) is 0 Å². The van der Waals surface area contributed by atoms with Gasteiger partial charge in [0.15, 0.2) is 5.82 Å². The van der Waals surface area contributed by atoms with E-state index in [0.29, 0.717) is 31.1 Å². The van der Waals surface area contributed by atoms with Crippen LogP contribution in [0.25, 0.3) is 0 Å². The van der Waals surface area contributed by atoms with Crippen LogP contribution in [0.15, 0.2) is 4.52 Å². The van der Waals surface area contributed by atoms with Crippen molar-refractivity contribution in [3.8, 4) is 0 Å². The first-order valence-corrected chi connectivity index (χ1v) is 6.77. The molecule has 0 aliphatic carbocycles. The summed E-state index contributed by atoms with van der Waals surface area (Å²) in [7, 11) is 0. The second-order valence-electron chi connectivity index (χ2n) is 5.52. The SMILES string of the molecule is CCC1C(=O)NC(C)(C)C(=O)N1CCc1noc(C)n1. The molecule has 0 saturated carbocycles. The Morgan fingerprint density at radius 2 is 2.10 bits per heavy atom. The molecule has 110 valence electrons. The lowest BCUT2D eigenvalue weighted by Crippen LogP contribution is -2.68. The fourth-order valence-corrected chi connectivity index (χ4v) is 2.41. The Morgan fingerprint density at radius 3 is 2.65 bits per heavy atom. The first-order chi connectivity index (χ1) is 9.35. The smallest absolute Gasteiger partial charge is 0.248 e. The zero-order chi connectivity index (χ0) is 14.9. The summed E-state index contributed by atoms with van der Waals surface area (Å²) in [5, 5.41) is 6.57. The summed E-state index contributed by atoms with van der Waals surface area (Å²) in [6.45, 7) is 7.44. The van der Waals surface area contributed by atoms with Crippen molar-refractivity contribution < 1.29 is 14.1 Å². The fraction of sp³-hybridized carbons (Fsp3) is 0.692. The fourth-order valence-electron chi connectivity index (χ4n) is 2.41. The maximum atomic E-state index is 12.4. The number of carbonyl (C=O) groups is 2. The summed E-state index contributed by atoms with van der Waals surface area (Å²) in [5.41, 5.74) is -0.865. The predicted octanol–water partition coefficient (Wildman–Crippen LogP) is 0.436. The Hall–Kier alpha value is -1.92. The number of aromatic nitrogens is 2. The first-order valence-electron chi connectivity index (χ1n) is 6.77. The highest BCUT2D eigenvalue weighted by Gasteiger charge is 2.44. The highest BCUT2D eigenvalue weighted by atomic mass is 16.5. The molecule has 1 saturated heterocycles. The van der Waals surface area contributed by atoms with E-state index in [4.69, 9.17) is 4.52 Å². The molecule has 0 bridgehead atoms. The Kier molecular flexibility index (Phi) is 3.78. The van der Waals surface area contributed by atoms with E-state index in [1.54, 1.807) is 25.7 Å². The van der Waals surface area contributed by atoms with E-state index in [1.807, 2.05) is 6.92 Å². The monoisotopic (exact) mass is 280 g/mol. The van der Waals surface area contributed by atoms with Crippen LogP contribution in [-0.4, -0.2) is 45.0 Å². The maximum absolute atomic E-state index is 12.4. The van der Waals surface area contributed by atoms with Gasteiger partial charge in [-0.2, -0.15) is 4.98 Å². The third kappa shape index (κ3) is 2.66. The molecule has 1 aliphatic heterocycles. The molecule has 1 aromatic rings. The van der Waals surface area contributed by atoms with Gasteiger partial charge in [0.05, 0.1) is 0 Å². The third-order valence-electron chi connectivity index (χ3n) is 3.44. The van der Waals surface area contributed by atoms with Gasteiger partial charge >= 0.3 is 0 Å². The molecule has 0 aromatic carbocycles. The lowest BCUT2D eigenvalue weighted by molar-refractivity contribution is -0.153. The Bertz CT molecular complexity index is 523. The molecule has 1 aliphatic rings. The molecular weight excluding hydrogens is 260 g/mol. The van der Waals surface area contributed by atoms with E-state index in [2.05, 4.69) is 15.5 Å². The van der Waals surface area contributed by atoms with Crippen molar-refractivity contribution in [1.29, 1.82) is 0 Å². The van der Waals surface area contributed by atoms with Gasteiger partial charge in [0.1, 0.15) is 11.6 Å². The van der Waals surface area contributed by atoms with Crippen LogP contribution >= 0.6 is 0 Å². The third-order valence-corrected chi connectivity index (χ3v) is 3.44. The standard InChI is InChI=1S/C13H20N4O3/c1-5-9-11(18)15-13(3,4)12(19)17(9)7-6-10-14-8(2)20-16-10/h9H,5-7H2,1-4H3,(H,15,18). The van der Waals surface area contributed by atoms with E-state index in [1.165, 1.54) is 0 Å². The average Bonchev–Trinajstić information content (AvgIpc) is 2.77. The Balaban J connectivity index is 2.12. The lowest BCUT2D eigenvalue weighted by Gasteiger charge is -2.42. The molecule has 20 heavy (non-hydrogen) atoms. The van der Waals surface area contributed by atoms with Crippen LogP contribution in [0.2, 0.25) is 0 Å². The number of piperazine rings is 1. The highest BCUT2D eigenvalue weighted by molar-refractivity contribution is 5.99. The van der Waals surface area contributed by atoms with Crippen molar-refractivity contribution in [2.24, 2.45) is 0 Å². The Morgan fingerprint density at radius 1 is 1.40 bits per heavy atom. The molecule has 2 heterocycles. The summed E-state index contributed by atoms with van der Waals surface area (Å²) in [5.74, 6) is 0.856. The van der Waals surface area contributed by atoms with Crippen molar-refractivity contribution >= 4 is 11.8 Å². The largest absolute Gasteiger partial charge is 0.340 e. The number of amides is 2. The number of nitrogens with zero attached hydrogens (tertiary/aromatic N) is 3. The number of aryl methyl sites for hydroxylation is 1. The van der Waals surface area contributed by atoms with Gasteiger partial charge in [0, 0.05) is 19.9 Å². The molecule has 1 aromatic heterocycles. The van der Waals surface area contributed by atoms with E-state index >= 15 is 0 Å². The van der Waals surface area contributed by atoms with Crippen LogP contribution in [0.3, 0.4) is 0 Å². The van der Waals surface area contributed by atoms with Crippen molar-refractivity contribution in [3.63, 3.8) is 0 Å². The van der Waals surface area contributed by atoms with Crippen molar-refractivity contribution in [2.75, 3.05) is 6.54 Å². The molecule has 2 amide bonds. The molecule has 7 heteroatoms. The van der Waals surface area contributed by atoms with Gasteiger partial charge in [-0.1, -0.05) is 12.1 Å². The normalized spacial score (nSPS) is 22.0. The van der Waals surface area contributed by atoms with Crippen molar-refractivity contribution in [2.45, 2.75) is 52.1 Å². The minimum atomic E-state index is -0.865. The van der Waals surface area contributed by atoms with E-state index in [0.717, 1.165) is 0 Å². The lowest BCUT2D eigenvalue weighted by atomic mass is 9.95. The summed E-state index contributed by atoms with van der Waals surface area (Å²) in [4.78, 5) is 30.2. The van der Waals surface area contributed by atoms with Gasteiger partial charge in [0.2, 0.25) is 17.7 Å². The van der Waals surface area contributed by atoms with Gasteiger partial charge in [-0.05, 0) is 20.3 Å². The second kappa shape index (κ2) is 5.22. The molecule has 1 N–H and O–H groups in total. The molecule has 1 atom stereocenters. The maximum Gasteiger partial charge on any atom is 0.248 e. The van der Waals surface area contributed by atoms with E-state index in [-0.39, 0.29) is 11.8 Å². The second-order valence-corrected chi connectivity index (χ2v) is 5.52. The number of hydrogen-bond acceptors (Lipinski definition) is 5. The van der Waals surface area contributed by atoms with Crippen molar-refractivity contribution in [3.05, 3.63) is 11.7 Å². The van der Waals surface area contributed by atoms with Gasteiger partial charge in [-0.25, -0.2) is 0 Å². The van der Waals surface area contributed by atoms with Crippen LogP contribution in [-0.2, 0) is 16.0 Å². The summed E-state index contributed by atoms with van der Waals surface area (Å²) in [6, 6.07) is -0.427. The molecule has 1 fully saturated rings. The predicted molar refractivity (Wildman–Crippen MR) is 70.8 cm³/mol. The number of hydrogen-bond donors (Lipinski definition) is 1. The molecule has 2 rings (SSSR count). The molecule has 0 spiro atoms. The average molecular weight is 280 g/mol. The van der Waals surface area contributed by atoms with Crippen LogP contribution < -0.4 is 5.32 Å². The van der Waals surface area contributed by atoms with Gasteiger partial charge in [0.25, 0.3) is 0 Å². The van der Waals surface area contributed by atoms with Gasteiger partial charge < -0.3 is 14.7 Å². The van der Waals surface area contributed by atoms with Gasteiger partial charge in [-0.3, -0.25) is 9.59 Å². The minimum absolute atomic E-state index is 0.0795. The van der Waals surface area contributed by atoms with E-state index < -0.39 is 11.6 Å². The minimum Gasteiger partial charge on any atom is -0.340 e. The zero-order valence-electron chi connectivity index (χ0n) is 12.3. The summed E-state index contributed by atoms with van der Waals surface area (Å²) < 4.78 is 4.90. The number of carbonyl (C=O) groups excluding carboxylic acids is 2. The van der Waals surface area contributed by atoms with Crippen LogP contribution in [0, 0.1) is 6.92 Å². The van der Waals surface area contributed by atoms with Crippen LogP contribution in [0.5, 0.6) is 0 Å². The van der Waals surface area contributed by atoms with Crippen LogP contribution in [0.1, 0.15) is 38.9 Å². The van der Waals surface area contributed by atoms with Crippen molar-refractivity contribution in [1.82, 2.24) is 20.4 Å². The summed E-state index contributed by atoms with van der Waals surface area (Å²) >= 11 is 0. The Labute approximate surface area is 117 Å². The van der Waals surface area contributed by atoms with Crippen LogP contribution in [0.4, 0.5) is 0 Å². The number of nitrogens with one attached hydrogen (secondary N) is 1. The molecule has 0 radical (unpaired) electrons. The zero-order valence-corrected chi connectivity index (χ0v) is 12.3. The topological polar surface area (TPSA) is 88.3 Å². The molecular formula is C13H20N4O3. The number of rotatable bonds is 4. The molecule has 7 nitrogen and oxygen atoms in total. The van der Waals surface area contributed by atoms with E-state index in [9.17, 15) is 9.59 Å². The highest BCUT2D eigenvalue weighted by Crippen LogP contribution is 2.20. The quantitative estimate of drug-likeness (QED) is 0.864. The summed E-state index contributed by atoms with van der Waals surface area (Å²) in [6.07, 6.45) is 1.06. The molecule has 1 unspecified atom stereocenters. The first kappa shape index (κ1) is 14.5.